The first-order chi connectivity index (χ1) is 10.5. The summed E-state index contributed by atoms with van der Waals surface area (Å²) in [7, 11) is 0. The van der Waals surface area contributed by atoms with Gasteiger partial charge in [0, 0.05) is 5.92 Å². The molecule has 2 unspecified atom stereocenters. The molecule has 1 aromatic carbocycles. The molecule has 0 spiro atoms. The van der Waals surface area contributed by atoms with Crippen LogP contribution in [0.2, 0.25) is 0 Å². The summed E-state index contributed by atoms with van der Waals surface area (Å²) in [4.78, 5) is 24.9. The average Bonchev–Trinajstić information content (AvgIpc) is 2.48. The zero-order chi connectivity index (χ0) is 16.3. The molecule has 0 aromatic heterocycles. The van der Waals surface area contributed by atoms with Gasteiger partial charge in [0.2, 0.25) is 0 Å². The summed E-state index contributed by atoms with van der Waals surface area (Å²) >= 11 is 0. The summed E-state index contributed by atoms with van der Waals surface area (Å²) in [6.07, 6.45) is 0.259. The average molecular weight is 304 g/mol. The molecule has 120 valence electrons. The van der Waals surface area contributed by atoms with E-state index in [9.17, 15) is 9.59 Å². The number of ether oxygens (including phenoxy) is 2. The van der Waals surface area contributed by atoms with Gasteiger partial charge in [-0.2, -0.15) is 0 Å². The van der Waals surface area contributed by atoms with E-state index in [0.717, 1.165) is 23.1 Å². The van der Waals surface area contributed by atoms with Gasteiger partial charge in [0.15, 0.2) is 5.78 Å². The lowest BCUT2D eigenvalue weighted by Gasteiger charge is -2.31. The van der Waals surface area contributed by atoms with Gasteiger partial charge in [0.05, 0.1) is 13.2 Å². The topological polar surface area (TPSA) is 52.6 Å². The molecule has 4 heteroatoms. The number of hydrogen-bond acceptors (Lipinski definition) is 4. The van der Waals surface area contributed by atoms with Crippen molar-refractivity contribution in [1.29, 1.82) is 0 Å². The van der Waals surface area contributed by atoms with E-state index in [-0.39, 0.29) is 18.3 Å². The van der Waals surface area contributed by atoms with Gasteiger partial charge in [-0.25, -0.2) is 0 Å². The number of esters is 1. The minimum atomic E-state index is -0.888. The van der Waals surface area contributed by atoms with Crippen molar-refractivity contribution in [1.82, 2.24) is 0 Å². The highest BCUT2D eigenvalue weighted by Gasteiger charge is 2.40. The lowest BCUT2D eigenvalue weighted by molar-refractivity contribution is -0.160. The van der Waals surface area contributed by atoms with Crippen molar-refractivity contribution >= 4 is 11.8 Å². The largest absolute Gasteiger partial charge is 0.465 e. The van der Waals surface area contributed by atoms with E-state index in [1.54, 1.807) is 20.8 Å². The van der Waals surface area contributed by atoms with Crippen LogP contribution in [0.1, 0.15) is 43.6 Å². The van der Waals surface area contributed by atoms with Crippen molar-refractivity contribution in [2.45, 2.75) is 40.2 Å². The number of aryl methyl sites for hydroxylation is 1. The molecule has 4 nitrogen and oxygen atoms in total. The van der Waals surface area contributed by atoms with Crippen LogP contribution in [0.5, 0.6) is 0 Å². The summed E-state index contributed by atoms with van der Waals surface area (Å²) < 4.78 is 11.0. The molecule has 2 atom stereocenters. The maximum absolute atomic E-state index is 12.6. The Morgan fingerprint density at radius 1 is 1.36 bits per heavy atom. The summed E-state index contributed by atoms with van der Waals surface area (Å²) in [6, 6.07) is 6.12. The maximum Gasteiger partial charge on any atom is 0.319 e. The van der Waals surface area contributed by atoms with Crippen molar-refractivity contribution in [3.05, 3.63) is 34.9 Å². The fourth-order valence-corrected chi connectivity index (χ4v) is 2.85. The second-order valence-electron chi connectivity index (χ2n) is 6.03. The van der Waals surface area contributed by atoms with E-state index in [2.05, 4.69) is 6.07 Å². The third-order valence-electron chi connectivity index (χ3n) is 4.00. The smallest absolute Gasteiger partial charge is 0.319 e. The van der Waals surface area contributed by atoms with E-state index in [1.807, 2.05) is 19.1 Å². The van der Waals surface area contributed by atoms with Gasteiger partial charge in [-0.3, -0.25) is 9.59 Å². The Morgan fingerprint density at radius 2 is 2.09 bits per heavy atom. The fraction of sp³-hybridized carbons (Fsp3) is 0.556. The van der Waals surface area contributed by atoms with Crippen LogP contribution < -0.4 is 0 Å². The molecule has 0 amide bonds. The summed E-state index contributed by atoms with van der Waals surface area (Å²) in [5, 5.41) is 0. The van der Waals surface area contributed by atoms with Gasteiger partial charge in [-0.15, -0.1) is 0 Å². The molecular weight excluding hydrogens is 280 g/mol. The van der Waals surface area contributed by atoms with E-state index in [1.165, 1.54) is 0 Å². The first-order valence-corrected chi connectivity index (χ1v) is 7.87. The van der Waals surface area contributed by atoms with Gasteiger partial charge < -0.3 is 9.47 Å². The normalized spacial score (nSPS) is 18.7. The zero-order valence-corrected chi connectivity index (χ0v) is 13.7. The van der Waals surface area contributed by atoms with Crippen LogP contribution in [-0.2, 0) is 25.5 Å². The molecule has 1 aliphatic heterocycles. The van der Waals surface area contributed by atoms with Crippen LogP contribution in [0.15, 0.2) is 18.2 Å². The third-order valence-corrected chi connectivity index (χ3v) is 4.00. The number of rotatable bonds is 5. The molecule has 1 aromatic rings. The van der Waals surface area contributed by atoms with Crippen molar-refractivity contribution in [3.8, 4) is 0 Å². The quantitative estimate of drug-likeness (QED) is 0.620. The third kappa shape index (κ3) is 3.38. The van der Waals surface area contributed by atoms with E-state index in [4.69, 9.17) is 9.47 Å². The first-order valence-electron chi connectivity index (χ1n) is 7.87. The monoisotopic (exact) mass is 304 g/mol. The molecule has 0 aliphatic carbocycles. The van der Waals surface area contributed by atoms with Gasteiger partial charge in [0.1, 0.15) is 12.0 Å². The molecule has 22 heavy (non-hydrogen) atoms. The predicted octanol–water partition coefficient (Wildman–Crippen LogP) is 3.01. The van der Waals surface area contributed by atoms with E-state index in [0.29, 0.717) is 6.61 Å². The summed E-state index contributed by atoms with van der Waals surface area (Å²) in [6.45, 7) is 8.11. The zero-order valence-electron chi connectivity index (χ0n) is 13.7. The molecular formula is C18H24O4. The summed E-state index contributed by atoms with van der Waals surface area (Å²) in [5.74, 6) is -1.74. The van der Waals surface area contributed by atoms with E-state index < -0.39 is 18.0 Å². The van der Waals surface area contributed by atoms with Crippen LogP contribution in [0.3, 0.4) is 0 Å². The highest BCUT2D eigenvalue weighted by Crippen LogP contribution is 2.36. The Labute approximate surface area is 131 Å². The van der Waals surface area contributed by atoms with Crippen LogP contribution in [-0.4, -0.2) is 25.0 Å². The minimum Gasteiger partial charge on any atom is -0.465 e. The molecule has 2 rings (SSSR count). The Hall–Kier alpha value is -1.68. The molecule has 1 aliphatic rings. The molecule has 0 N–H and O–H groups in total. The molecule has 0 saturated heterocycles. The Kier molecular flexibility index (Phi) is 5.35. The molecule has 0 bridgehead atoms. The van der Waals surface area contributed by atoms with Gasteiger partial charge in [0.25, 0.3) is 0 Å². The number of carbonyl (C=O) groups excluding carboxylic acids is 2. The standard InChI is InChI=1S/C18H24O4/c1-5-21-18(20)15(16(19)11(2)3)17-14-10-12(4)6-7-13(14)8-9-22-17/h6-7,10-11,15,17H,5,8-9H2,1-4H3. The van der Waals surface area contributed by atoms with Gasteiger partial charge in [-0.1, -0.05) is 37.6 Å². The van der Waals surface area contributed by atoms with Crippen LogP contribution >= 0.6 is 0 Å². The number of fused-ring (bicyclic) bond motifs is 1. The maximum atomic E-state index is 12.6. The van der Waals surface area contributed by atoms with Crippen molar-refractivity contribution in [3.63, 3.8) is 0 Å². The number of ketones is 1. The first kappa shape index (κ1) is 16.7. The molecule has 1 heterocycles. The second kappa shape index (κ2) is 7.05. The van der Waals surface area contributed by atoms with Crippen molar-refractivity contribution < 1.29 is 19.1 Å². The lowest BCUT2D eigenvalue weighted by Crippen LogP contribution is -2.37. The number of hydrogen-bond donors (Lipinski definition) is 0. The Balaban J connectivity index is 2.43. The Bertz CT molecular complexity index is 562. The number of benzene rings is 1. The SMILES string of the molecule is CCOC(=O)C(C(=O)C(C)C)C1OCCc2ccc(C)cc21. The molecule has 0 fully saturated rings. The highest BCUT2D eigenvalue weighted by atomic mass is 16.5. The molecule has 0 saturated carbocycles. The van der Waals surface area contributed by atoms with Crippen LogP contribution in [0.25, 0.3) is 0 Å². The Morgan fingerprint density at radius 3 is 2.73 bits per heavy atom. The van der Waals surface area contributed by atoms with Crippen LogP contribution in [0, 0.1) is 18.8 Å². The van der Waals surface area contributed by atoms with Gasteiger partial charge >= 0.3 is 5.97 Å². The predicted molar refractivity (Wildman–Crippen MR) is 83.5 cm³/mol. The summed E-state index contributed by atoms with van der Waals surface area (Å²) in [5.41, 5.74) is 3.18. The van der Waals surface area contributed by atoms with E-state index >= 15 is 0 Å². The van der Waals surface area contributed by atoms with Crippen LogP contribution in [0.4, 0.5) is 0 Å². The second-order valence-corrected chi connectivity index (χ2v) is 6.03. The van der Waals surface area contributed by atoms with Crippen molar-refractivity contribution in [2.75, 3.05) is 13.2 Å². The van der Waals surface area contributed by atoms with Crippen molar-refractivity contribution in [2.24, 2.45) is 11.8 Å². The number of Topliss-reactive ketones (excluding diaryl/α,β-unsaturated/α-hetero) is 1. The molecule has 0 radical (unpaired) electrons. The highest BCUT2D eigenvalue weighted by molar-refractivity contribution is 6.00. The minimum absolute atomic E-state index is 0.127. The lowest BCUT2D eigenvalue weighted by atomic mass is 9.83. The number of carbonyl (C=O) groups is 2. The fourth-order valence-electron chi connectivity index (χ4n) is 2.85. The van der Waals surface area contributed by atoms with Gasteiger partial charge in [-0.05, 0) is 31.4 Å².